The van der Waals surface area contributed by atoms with E-state index in [2.05, 4.69) is 10.6 Å². The molecule has 5 heteroatoms. The number of benzene rings is 1. The Kier molecular flexibility index (Phi) is 4.66. The highest BCUT2D eigenvalue weighted by Gasteiger charge is 2.07. The summed E-state index contributed by atoms with van der Waals surface area (Å²) in [6.45, 7) is 3.03. The average molecular weight is 236 g/mol. The summed E-state index contributed by atoms with van der Waals surface area (Å²) in [7, 11) is 0. The SMILES string of the molecule is CC(=O)c1cccc(NC(=O)NC(C)CO)c1. The second kappa shape index (κ2) is 6.00. The largest absolute Gasteiger partial charge is 0.394 e. The first-order chi connectivity index (χ1) is 8.02. The Morgan fingerprint density at radius 1 is 1.41 bits per heavy atom. The van der Waals surface area contributed by atoms with Gasteiger partial charge in [0.25, 0.3) is 0 Å². The van der Waals surface area contributed by atoms with Gasteiger partial charge in [0.05, 0.1) is 12.6 Å². The van der Waals surface area contributed by atoms with E-state index in [0.717, 1.165) is 0 Å². The van der Waals surface area contributed by atoms with Crippen LogP contribution < -0.4 is 10.6 Å². The Labute approximate surface area is 99.8 Å². The van der Waals surface area contributed by atoms with Crippen molar-refractivity contribution in [1.82, 2.24) is 5.32 Å². The molecular weight excluding hydrogens is 220 g/mol. The molecule has 0 saturated heterocycles. The minimum atomic E-state index is -0.410. The van der Waals surface area contributed by atoms with Crippen LogP contribution in [0.2, 0.25) is 0 Å². The highest BCUT2D eigenvalue weighted by molar-refractivity contribution is 5.96. The lowest BCUT2D eigenvalue weighted by atomic mass is 10.1. The smallest absolute Gasteiger partial charge is 0.319 e. The van der Waals surface area contributed by atoms with Gasteiger partial charge >= 0.3 is 6.03 Å². The van der Waals surface area contributed by atoms with Crippen molar-refractivity contribution in [3.8, 4) is 0 Å². The van der Waals surface area contributed by atoms with Gasteiger partial charge in [-0.05, 0) is 26.0 Å². The fourth-order valence-corrected chi connectivity index (χ4v) is 1.25. The molecule has 92 valence electrons. The van der Waals surface area contributed by atoms with E-state index >= 15 is 0 Å². The van der Waals surface area contributed by atoms with Crippen LogP contribution >= 0.6 is 0 Å². The summed E-state index contributed by atoms with van der Waals surface area (Å²) >= 11 is 0. The predicted molar refractivity (Wildman–Crippen MR) is 65.1 cm³/mol. The monoisotopic (exact) mass is 236 g/mol. The number of ketones is 1. The third-order valence-corrected chi connectivity index (χ3v) is 2.18. The molecule has 0 radical (unpaired) electrons. The molecule has 0 fully saturated rings. The molecule has 0 saturated carbocycles. The van der Waals surface area contributed by atoms with E-state index in [9.17, 15) is 9.59 Å². The summed E-state index contributed by atoms with van der Waals surface area (Å²) in [5.41, 5.74) is 1.08. The predicted octanol–water partition coefficient (Wildman–Crippen LogP) is 1.39. The van der Waals surface area contributed by atoms with Crippen LogP contribution in [-0.2, 0) is 0 Å². The van der Waals surface area contributed by atoms with E-state index in [1.54, 1.807) is 31.2 Å². The number of hydrogen-bond donors (Lipinski definition) is 3. The highest BCUT2D eigenvalue weighted by atomic mass is 16.3. The number of amides is 2. The van der Waals surface area contributed by atoms with Crippen molar-refractivity contribution in [3.05, 3.63) is 29.8 Å². The lowest BCUT2D eigenvalue weighted by molar-refractivity contribution is 0.101. The Bertz CT molecular complexity index is 418. The summed E-state index contributed by atoms with van der Waals surface area (Å²) in [6.07, 6.45) is 0. The minimum absolute atomic E-state index is 0.0576. The van der Waals surface area contributed by atoms with Crippen molar-refractivity contribution in [2.45, 2.75) is 19.9 Å². The molecule has 0 heterocycles. The molecule has 3 N–H and O–H groups in total. The maximum absolute atomic E-state index is 11.4. The van der Waals surface area contributed by atoms with E-state index < -0.39 is 6.03 Å². The number of aliphatic hydroxyl groups excluding tert-OH is 1. The summed E-state index contributed by atoms with van der Waals surface area (Å²) in [6, 6.07) is 5.95. The highest BCUT2D eigenvalue weighted by Crippen LogP contribution is 2.10. The maximum Gasteiger partial charge on any atom is 0.319 e. The van der Waals surface area contributed by atoms with Gasteiger partial charge in [0.2, 0.25) is 0 Å². The van der Waals surface area contributed by atoms with Crippen LogP contribution in [0.25, 0.3) is 0 Å². The van der Waals surface area contributed by atoms with Crippen LogP contribution in [-0.4, -0.2) is 29.6 Å². The standard InChI is InChI=1S/C12H16N2O3/c1-8(7-15)13-12(17)14-11-5-3-4-10(6-11)9(2)16/h3-6,8,15H,7H2,1-2H3,(H2,13,14,17). The fraction of sp³-hybridized carbons (Fsp3) is 0.333. The molecule has 0 aliphatic carbocycles. The van der Waals surface area contributed by atoms with E-state index in [-0.39, 0.29) is 18.4 Å². The van der Waals surface area contributed by atoms with Crippen LogP contribution in [0.15, 0.2) is 24.3 Å². The van der Waals surface area contributed by atoms with Crippen molar-refractivity contribution in [2.24, 2.45) is 0 Å². The number of hydrogen-bond acceptors (Lipinski definition) is 3. The molecule has 1 rings (SSSR count). The molecule has 1 atom stereocenters. The Balaban J connectivity index is 2.65. The first kappa shape index (κ1) is 13.2. The zero-order valence-corrected chi connectivity index (χ0v) is 9.86. The van der Waals surface area contributed by atoms with Crippen LogP contribution in [0.4, 0.5) is 10.5 Å². The molecule has 1 unspecified atom stereocenters. The van der Waals surface area contributed by atoms with Crippen molar-refractivity contribution in [3.63, 3.8) is 0 Å². The number of nitrogens with one attached hydrogen (secondary N) is 2. The molecule has 0 aromatic heterocycles. The number of carbonyl (C=O) groups is 2. The van der Waals surface area contributed by atoms with Crippen molar-refractivity contribution in [2.75, 3.05) is 11.9 Å². The fourth-order valence-electron chi connectivity index (χ4n) is 1.25. The van der Waals surface area contributed by atoms with Gasteiger partial charge in [0, 0.05) is 11.3 Å². The molecule has 1 aromatic carbocycles. The molecule has 1 aromatic rings. The molecule has 2 amide bonds. The van der Waals surface area contributed by atoms with Crippen LogP contribution in [0.3, 0.4) is 0 Å². The van der Waals surface area contributed by atoms with Crippen molar-refractivity contribution in [1.29, 1.82) is 0 Å². The zero-order chi connectivity index (χ0) is 12.8. The number of rotatable bonds is 4. The summed E-state index contributed by atoms with van der Waals surface area (Å²) in [5, 5.41) is 13.9. The van der Waals surface area contributed by atoms with E-state index in [1.165, 1.54) is 6.92 Å². The van der Waals surface area contributed by atoms with Gasteiger partial charge in [0.15, 0.2) is 5.78 Å². The van der Waals surface area contributed by atoms with Gasteiger partial charge in [-0.3, -0.25) is 4.79 Å². The number of urea groups is 1. The maximum atomic E-state index is 11.4. The second-order valence-corrected chi connectivity index (χ2v) is 3.82. The molecule has 0 aliphatic rings. The van der Waals surface area contributed by atoms with Gasteiger partial charge in [-0.2, -0.15) is 0 Å². The van der Waals surface area contributed by atoms with Gasteiger partial charge in [-0.25, -0.2) is 4.79 Å². The van der Waals surface area contributed by atoms with E-state index in [4.69, 9.17) is 5.11 Å². The topological polar surface area (TPSA) is 78.4 Å². The van der Waals surface area contributed by atoms with Crippen LogP contribution in [0.5, 0.6) is 0 Å². The first-order valence-electron chi connectivity index (χ1n) is 5.32. The number of Topliss-reactive ketones (excluding diaryl/α,β-unsaturated/α-hetero) is 1. The lowest BCUT2D eigenvalue weighted by Crippen LogP contribution is -2.38. The summed E-state index contributed by atoms with van der Waals surface area (Å²) in [4.78, 5) is 22.6. The van der Waals surface area contributed by atoms with E-state index in [1.807, 2.05) is 0 Å². The van der Waals surface area contributed by atoms with Gasteiger partial charge in [-0.15, -0.1) is 0 Å². The van der Waals surface area contributed by atoms with Crippen LogP contribution in [0.1, 0.15) is 24.2 Å². The molecule has 17 heavy (non-hydrogen) atoms. The molecule has 0 bridgehead atoms. The Morgan fingerprint density at radius 3 is 2.71 bits per heavy atom. The normalized spacial score (nSPS) is 11.7. The number of anilines is 1. The Morgan fingerprint density at radius 2 is 2.12 bits per heavy atom. The quantitative estimate of drug-likeness (QED) is 0.691. The zero-order valence-electron chi connectivity index (χ0n) is 9.86. The van der Waals surface area contributed by atoms with Crippen molar-refractivity contribution < 1.29 is 14.7 Å². The van der Waals surface area contributed by atoms with Crippen molar-refractivity contribution >= 4 is 17.5 Å². The Hall–Kier alpha value is -1.88. The second-order valence-electron chi connectivity index (χ2n) is 3.82. The molecular formula is C12H16N2O3. The summed E-state index contributed by atoms with van der Waals surface area (Å²) < 4.78 is 0. The lowest BCUT2D eigenvalue weighted by Gasteiger charge is -2.12. The molecule has 5 nitrogen and oxygen atoms in total. The van der Waals surface area contributed by atoms with Gasteiger partial charge < -0.3 is 15.7 Å². The molecule has 0 spiro atoms. The minimum Gasteiger partial charge on any atom is -0.394 e. The van der Waals surface area contributed by atoms with Crippen LogP contribution in [0, 0.1) is 0 Å². The summed E-state index contributed by atoms with van der Waals surface area (Å²) in [5.74, 6) is -0.0576. The third-order valence-electron chi connectivity index (χ3n) is 2.18. The number of carbonyl (C=O) groups excluding carboxylic acids is 2. The average Bonchev–Trinajstić information content (AvgIpc) is 2.28. The number of aliphatic hydroxyl groups is 1. The molecule has 0 aliphatic heterocycles. The van der Waals surface area contributed by atoms with E-state index in [0.29, 0.717) is 11.3 Å². The van der Waals surface area contributed by atoms with Gasteiger partial charge in [0.1, 0.15) is 0 Å². The first-order valence-corrected chi connectivity index (χ1v) is 5.32. The van der Waals surface area contributed by atoms with Gasteiger partial charge in [-0.1, -0.05) is 12.1 Å². The third kappa shape index (κ3) is 4.24.